The van der Waals surface area contributed by atoms with Crippen LogP contribution in [0.2, 0.25) is 0 Å². The van der Waals surface area contributed by atoms with Crippen LogP contribution in [0.5, 0.6) is 5.75 Å². The van der Waals surface area contributed by atoms with E-state index in [2.05, 4.69) is 27.9 Å². The second kappa shape index (κ2) is 7.09. The van der Waals surface area contributed by atoms with Crippen molar-refractivity contribution in [3.63, 3.8) is 0 Å². The van der Waals surface area contributed by atoms with Crippen molar-refractivity contribution in [3.8, 4) is 5.75 Å². The number of rotatable bonds is 5. The fourth-order valence-electron chi connectivity index (χ4n) is 2.56. The number of piperidine rings is 1. The van der Waals surface area contributed by atoms with Crippen molar-refractivity contribution in [3.05, 3.63) is 28.2 Å². The van der Waals surface area contributed by atoms with Gasteiger partial charge in [-0.15, -0.1) is 0 Å². The Labute approximate surface area is 127 Å². The number of nitrogens with zero attached hydrogens (tertiary/aromatic N) is 1. The molecule has 4 nitrogen and oxygen atoms in total. The highest BCUT2D eigenvalue weighted by molar-refractivity contribution is 9.10. The maximum Gasteiger partial charge on any atom is 0.335 e. The summed E-state index contributed by atoms with van der Waals surface area (Å²) in [6, 6.07) is 5.44. The lowest BCUT2D eigenvalue weighted by Gasteiger charge is -2.32. The van der Waals surface area contributed by atoms with E-state index in [4.69, 9.17) is 9.84 Å². The highest BCUT2D eigenvalue weighted by Gasteiger charge is 2.18. The fourth-order valence-corrected chi connectivity index (χ4v) is 3.06. The van der Waals surface area contributed by atoms with E-state index >= 15 is 0 Å². The van der Waals surface area contributed by atoms with Gasteiger partial charge in [-0.3, -0.25) is 0 Å². The third-order valence-corrected chi connectivity index (χ3v) is 4.43. The Morgan fingerprint density at radius 2 is 2.30 bits per heavy atom. The van der Waals surface area contributed by atoms with Gasteiger partial charge in [-0.25, -0.2) is 4.79 Å². The van der Waals surface area contributed by atoms with Crippen LogP contribution in [0.4, 0.5) is 0 Å². The number of aromatic carboxylic acids is 1. The number of carboxylic acids is 1. The summed E-state index contributed by atoms with van der Waals surface area (Å²) in [6.07, 6.45) is 4.82. The molecule has 0 bridgehead atoms. The zero-order valence-corrected chi connectivity index (χ0v) is 13.2. The van der Waals surface area contributed by atoms with Gasteiger partial charge in [0.05, 0.1) is 16.6 Å². The van der Waals surface area contributed by atoms with Gasteiger partial charge in [0.25, 0.3) is 0 Å². The van der Waals surface area contributed by atoms with Crippen molar-refractivity contribution in [1.29, 1.82) is 0 Å². The molecule has 0 saturated carbocycles. The lowest BCUT2D eigenvalue weighted by molar-refractivity contribution is 0.0696. The fraction of sp³-hybridized carbons (Fsp3) is 0.533. The molecule has 0 aromatic heterocycles. The molecule has 1 aromatic rings. The summed E-state index contributed by atoms with van der Waals surface area (Å²) in [7, 11) is 2.17. The van der Waals surface area contributed by atoms with Crippen molar-refractivity contribution in [2.45, 2.75) is 31.7 Å². The molecule has 1 atom stereocenters. The Kier molecular flexibility index (Phi) is 5.43. The van der Waals surface area contributed by atoms with Crippen LogP contribution in [0.15, 0.2) is 22.7 Å². The molecule has 0 amide bonds. The standard InChI is InChI=1S/C15H20BrNO3/c1-17-8-3-2-4-12(17)7-9-20-14-6-5-11(15(18)19)10-13(14)16/h5-6,10,12H,2-4,7-9H2,1H3,(H,18,19). The zero-order chi connectivity index (χ0) is 14.5. The lowest BCUT2D eigenvalue weighted by atomic mass is 10.0. The van der Waals surface area contributed by atoms with Crippen LogP contribution in [0.3, 0.4) is 0 Å². The second-order valence-corrected chi connectivity index (χ2v) is 6.07. The molecule has 20 heavy (non-hydrogen) atoms. The van der Waals surface area contributed by atoms with Crippen LogP contribution in [-0.2, 0) is 0 Å². The molecule has 1 fully saturated rings. The van der Waals surface area contributed by atoms with E-state index in [0.717, 1.165) is 6.42 Å². The largest absolute Gasteiger partial charge is 0.492 e. The minimum absolute atomic E-state index is 0.260. The summed E-state index contributed by atoms with van der Waals surface area (Å²) in [5.41, 5.74) is 0.260. The van der Waals surface area contributed by atoms with Crippen LogP contribution in [0.25, 0.3) is 0 Å². The third kappa shape index (κ3) is 3.96. The Morgan fingerprint density at radius 3 is 2.95 bits per heavy atom. The quantitative estimate of drug-likeness (QED) is 0.891. The Morgan fingerprint density at radius 1 is 1.50 bits per heavy atom. The Hall–Kier alpha value is -1.07. The van der Waals surface area contributed by atoms with Gasteiger partial charge in [-0.05, 0) is 67.0 Å². The smallest absolute Gasteiger partial charge is 0.335 e. The van der Waals surface area contributed by atoms with Gasteiger partial charge in [0.1, 0.15) is 5.75 Å². The first-order valence-corrected chi connectivity index (χ1v) is 7.73. The number of hydrogen-bond donors (Lipinski definition) is 1. The summed E-state index contributed by atoms with van der Waals surface area (Å²) in [5, 5.41) is 8.91. The molecule has 110 valence electrons. The Balaban J connectivity index is 1.86. The van der Waals surface area contributed by atoms with Crippen LogP contribution >= 0.6 is 15.9 Å². The molecular weight excluding hydrogens is 322 g/mol. The lowest BCUT2D eigenvalue weighted by Crippen LogP contribution is -2.37. The molecule has 1 aromatic carbocycles. The number of ether oxygens (including phenoxy) is 1. The summed E-state index contributed by atoms with van der Waals surface area (Å²) in [6.45, 7) is 1.82. The van der Waals surface area contributed by atoms with Crippen molar-refractivity contribution in [2.75, 3.05) is 20.2 Å². The molecule has 1 aliphatic rings. The number of likely N-dealkylation sites (tertiary alicyclic amines) is 1. The molecule has 1 N–H and O–H groups in total. The van der Waals surface area contributed by atoms with Crippen molar-refractivity contribution in [2.24, 2.45) is 0 Å². The number of carboxylic acid groups (broad SMARTS) is 1. The highest BCUT2D eigenvalue weighted by Crippen LogP contribution is 2.27. The van der Waals surface area contributed by atoms with Crippen molar-refractivity contribution >= 4 is 21.9 Å². The van der Waals surface area contributed by atoms with Gasteiger partial charge >= 0.3 is 5.97 Å². The number of hydrogen-bond acceptors (Lipinski definition) is 3. The maximum absolute atomic E-state index is 10.9. The first kappa shape index (κ1) is 15.3. The first-order chi connectivity index (χ1) is 9.58. The van der Waals surface area contributed by atoms with Crippen LogP contribution < -0.4 is 4.74 Å². The van der Waals surface area contributed by atoms with Gasteiger partial charge in [-0.2, -0.15) is 0 Å². The number of halogens is 1. The summed E-state index contributed by atoms with van der Waals surface area (Å²) in [5.74, 6) is -0.227. The predicted octanol–water partition coefficient (Wildman–Crippen LogP) is 3.40. The summed E-state index contributed by atoms with van der Waals surface area (Å²) < 4.78 is 6.45. The first-order valence-electron chi connectivity index (χ1n) is 6.94. The number of benzene rings is 1. The van der Waals surface area contributed by atoms with E-state index < -0.39 is 5.97 Å². The Bertz CT molecular complexity index is 478. The van der Waals surface area contributed by atoms with E-state index in [1.165, 1.54) is 25.8 Å². The predicted molar refractivity (Wildman–Crippen MR) is 81.5 cm³/mol. The molecule has 0 radical (unpaired) electrons. The summed E-state index contributed by atoms with van der Waals surface area (Å²) in [4.78, 5) is 13.3. The van der Waals surface area contributed by atoms with Crippen LogP contribution in [0.1, 0.15) is 36.0 Å². The average Bonchev–Trinajstić information content (AvgIpc) is 2.42. The minimum Gasteiger partial charge on any atom is -0.492 e. The van der Waals surface area contributed by atoms with Gasteiger partial charge in [0.15, 0.2) is 0 Å². The van der Waals surface area contributed by atoms with E-state index in [-0.39, 0.29) is 5.56 Å². The second-order valence-electron chi connectivity index (χ2n) is 5.22. The average molecular weight is 342 g/mol. The van der Waals surface area contributed by atoms with Crippen LogP contribution in [-0.4, -0.2) is 42.2 Å². The van der Waals surface area contributed by atoms with Gasteiger partial charge in [-0.1, -0.05) is 6.42 Å². The van der Waals surface area contributed by atoms with Gasteiger partial charge < -0.3 is 14.7 Å². The minimum atomic E-state index is -0.930. The molecular formula is C15H20BrNO3. The zero-order valence-electron chi connectivity index (χ0n) is 11.6. The molecule has 1 aliphatic heterocycles. The molecule has 1 unspecified atom stereocenters. The molecule has 0 spiro atoms. The van der Waals surface area contributed by atoms with Gasteiger partial charge in [0.2, 0.25) is 0 Å². The van der Waals surface area contributed by atoms with Gasteiger partial charge in [0, 0.05) is 6.04 Å². The third-order valence-electron chi connectivity index (χ3n) is 3.81. The molecule has 2 rings (SSSR count). The maximum atomic E-state index is 10.9. The van der Waals surface area contributed by atoms with Crippen molar-refractivity contribution in [1.82, 2.24) is 4.90 Å². The van der Waals surface area contributed by atoms with Crippen molar-refractivity contribution < 1.29 is 14.6 Å². The van der Waals surface area contributed by atoms with Crippen LogP contribution in [0, 0.1) is 0 Å². The monoisotopic (exact) mass is 341 g/mol. The topological polar surface area (TPSA) is 49.8 Å². The molecule has 5 heteroatoms. The molecule has 0 aliphatic carbocycles. The van der Waals surface area contributed by atoms with E-state index in [1.54, 1.807) is 18.2 Å². The van der Waals surface area contributed by atoms with E-state index in [1.807, 2.05) is 0 Å². The normalized spacial score (nSPS) is 19.8. The summed E-state index contributed by atoms with van der Waals surface area (Å²) >= 11 is 3.35. The SMILES string of the molecule is CN1CCCCC1CCOc1ccc(C(=O)O)cc1Br. The molecule has 1 heterocycles. The highest BCUT2D eigenvalue weighted by atomic mass is 79.9. The van der Waals surface area contributed by atoms with E-state index in [0.29, 0.717) is 22.9 Å². The molecule has 1 saturated heterocycles. The number of carbonyl (C=O) groups is 1. The van der Waals surface area contributed by atoms with E-state index in [9.17, 15) is 4.79 Å².